The number of nitrogens with one attached hydrogen (secondary N) is 1. The predicted octanol–water partition coefficient (Wildman–Crippen LogP) is 1.71. The molecule has 0 bridgehead atoms. The zero-order valence-electron chi connectivity index (χ0n) is 14.0. The normalized spacial score (nSPS) is 23.0. The molecule has 5 heteroatoms. The molecule has 1 saturated heterocycles. The van der Waals surface area contributed by atoms with Crippen molar-refractivity contribution in [3.05, 3.63) is 42.0 Å². The van der Waals surface area contributed by atoms with Gasteiger partial charge in [0.15, 0.2) is 6.61 Å². The van der Waals surface area contributed by atoms with Crippen LogP contribution in [0.1, 0.15) is 24.8 Å². The summed E-state index contributed by atoms with van der Waals surface area (Å²) < 4.78 is 5.78. The van der Waals surface area contributed by atoms with Crippen molar-refractivity contribution < 1.29 is 14.6 Å². The minimum absolute atomic E-state index is 0.0692. The van der Waals surface area contributed by atoms with Crippen LogP contribution in [0.2, 0.25) is 0 Å². The highest BCUT2D eigenvalue weighted by molar-refractivity contribution is 5.78. The number of nitrogens with zero attached hydrogens (tertiary/aromatic N) is 1. The summed E-state index contributed by atoms with van der Waals surface area (Å²) >= 11 is 0. The van der Waals surface area contributed by atoms with E-state index in [0.717, 1.165) is 43.7 Å². The molecule has 2 atom stereocenters. The van der Waals surface area contributed by atoms with Gasteiger partial charge in [-0.25, -0.2) is 0 Å². The summed E-state index contributed by atoms with van der Waals surface area (Å²) in [7, 11) is 0. The molecule has 1 aliphatic heterocycles. The molecule has 0 unspecified atom stereocenters. The zero-order chi connectivity index (χ0) is 16.8. The quantitative estimate of drug-likeness (QED) is 0.747. The van der Waals surface area contributed by atoms with Crippen molar-refractivity contribution in [2.75, 3.05) is 26.3 Å². The topological polar surface area (TPSA) is 61.8 Å². The average molecular weight is 330 g/mol. The highest BCUT2D eigenvalue weighted by Crippen LogP contribution is 2.21. The average Bonchev–Trinajstić information content (AvgIpc) is 3.30. The van der Waals surface area contributed by atoms with Gasteiger partial charge in [-0.15, -0.1) is 0 Å². The SMILES string of the molecule is O=C(COc1ccccc1CN[C@@H]1C=C[C@H](CO)C1)N1CCCC1. The number of hydrogen-bond donors (Lipinski definition) is 2. The van der Waals surface area contributed by atoms with Crippen LogP contribution >= 0.6 is 0 Å². The van der Waals surface area contributed by atoms with Gasteiger partial charge in [0.2, 0.25) is 0 Å². The van der Waals surface area contributed by atoms with Gasteiger partial charge in [0.1, 0.15) is 5.75 Å². The maximum absolute atomic E-state index is 12.1. The maximum atomic E-state index is 12.1. The minimum Gasteiger partial charge on any atom is -0.483 e. The summed E-state index contributed by atoms with van der Waals surface area (Å²) in [6, 6.07) is 8.12. The van der Waals surface area contributed by atoms with Crippen LogP contribution < -0.4 is 10.1 Å². The van der Waals surface area contributed by atoms with Crippen LogP contribution in [0.25, 0.3) is 0 Å². The molecule has 1 aromatic rings. The van der Waals surface area contributed by atoms with Crippen LogP contribution in [-0.2, 0) is 11.3 Å². The van der Waals surface area contributed by atoms with Crippen molar-refractivity contribution in [3.63, 3.8) is 0 Å². The van der Waals surface area contributed by atoms with Gasteiger partial charge in [0, 0.05) is 43.8 Å². The van der Waals surface area contributed by atoms with Crippen LogP contribution in [0.4, 0.5) is 0 Å². The van der Waals surface area contributed by atoms with Gasteiger partial charge in [-0.05, 0) is 25.3 Å². The van der Waals surface area contributed by atoms with Crippen LogP contribution in [0, 0.1) is 5.92 Å². The summed E-state index contributed by atoms with van der Waals surface area (Å²) in [5.41, 5.74) is 1.05. The van der Waals surface area contributed by atoms with Crippen molar-refractivity contribution in [3.8, 4) is 5.75 Å². The third kappa shape index (κ3) is 4.36. The number of amides is 1. The first-order chi connectivity index (χ1) is 11.8. The molecular weight excluding hydrogens is 304 g/mol. The standard InChI is InChI=1S/C19H26N2O3/c22-13-15-7-8-17(11-15)20-12-16-5-1-2-6-18(16)24-14-19(23)21-9-3-4-10-21/h1-2,5-8,15,17,20,22H,3-4,9-14H2/t15-,17+/m0/s1. The first-order valence-electron chi connectivity index (χ1n) is 8.77. The second-order valence-corrected chi connectivity index (χ2v) is 6.53. The lowest BCUT2D eigenvalue weighted by molar-refractivity contribution is -0.132. The van der Waals surface area contributed by atoms with Crippen molar-refractivity contribution in [2.24, 2.45) is 5.92 Å². The van der Waals surface area contributed by atoms with Gasteiger partial charge in [-0.3, -0.25) is 4.79 Å². The van der Waals surface area contributed by atoms with E-state index in [-0.39, 0.29) is 31.1 Å². The largest absolute Gasteiger partial charge is 0.483 e. The molecule has 3 rings (SSSR count). The fourth-order valence-corrected chi connectivity index (χ4v) is 3.29. The molecule has 5 nitrogen and oxygen atoms in total. The van der Waals surface area contributed by atoms with E-state index in [0.29, 0.717) is 6.54 Å². The number of rotatable bonds is 7. The Hall–Kier alpha value is -1.85. The third-order valence-corrected chi connectivity index (χ3v) is 4.74. The van der Waals surface area contributed by atoms with Gasteiger partial charge in [0.05, 0.1) is 0 Å². The summed E-state index contributed by atoms with van der Waals surface area (Å²) in [6.07, 6.45) is 7.29. The molecule has 0 saturated carbocycles. The summed E-state index contributed by atoms with van der Waals surface area (Å²) in [5.74, 6) is 1.09. The fourth-order valence-electron chi connectivity index (χ4n) is 3.29. The molecule has 0 aromatic heterocycles. The van der Waals surface area contributed by atoms with Gasteiger partial charge >= 0.3 is 0 Å². The number of aliphatic hydroxyl groups excluding tert-OH is 1. The number of ether oxygens (including phenoxy) is 1. The van der Waals surface area contributed by atoms with Gasteiger partial charge in [-0.1, -0.05) is 30.4 Å². The smallest absolute Gasteiger partial charge is 0.260 e. The van der Waals surface area contributed by atoms with Crippen LogP contribution in [0.5, 0.6) is 5.75 Å². The molecule has 1 heterocycles. The molecule has 24 heavy (non-hydrogen) atoms. The first kappa shape index (κ1) is 17.0. The van der Waals surface area contributed by atoms with E-state index in [9.17, 15) is 9.90 Å². The number of aliphatic hydroxyl groups is 1. The number of benzene rings is 1. The number of para-hydroxylation sites is 1. The Morgan fingerprint density at radius 2 is 2.04 bits per heavy atom. The minimum atomic E-state index is 0.0692. The van der Waals surface area contributed by atoms with E-state index in [1.165, 1.54) is 0 Å². The van der Waals surface area contributed by atoms with Gasteiger partial charge < -0.3 is 20.1 Å². The third-order valence-electron chi connectivity index (χ3n) is 4.74. The Balaban J connectivity index is 1.51. The summed E-state index contributed by atoms with van der Waals surface area (Å²) in [5, 5.41) is 12.7. The Labute approximate surface area is 143 Å². The zero-order valence-corrected chi connectivity index (χ0v) is 14.0. The van der Waals surface area contributed by atoms with E-state index in [4.69, 9.17) is 4.74 Å². The molecule has 1 fully saturated rings. The van der Waals surface area contributed by atoms with E-state index in [1.54, 1.807) is 0 Å². The van der Waals surface area contributed by atoms with Crippen molar-refractivity contribution >= 4 is 5.91 Å². The van der Waals surface area contributed by atoms with E-state index in [2.05, 4.69) is 17.5 Å². The summed E-state index contributed by atoms with van der Waals surface area (Å²) in [4.78, 5) is 14.0. The lowest BCUT2D eigenvalue weighted by atomic mass is 10.1. The lowest BCUT2D eigenvalue weighted by Crippen LogP contribution is -2.32. The van der Waals surface area contributed by atoms with Crippen LogP contribution in [0.3, 0.4) is 0 Å². The van der Waals surface area contributed by atoms with Crippen molar-refractivity contribution in [1.29, 1.82) is 0 Å². The van der Waals surface area contributed by atoms with E-state index < -0.39 is 0 Å². The van der Waals surface area contributed by atoms with Crippen LogP contribution in [0.15, 0.2) is 36.4 Å². The molecule has 0 radical (unpaired) electrons. The number of likely N-dealkylation sites (tertiary alicyclic amines) is 1. The molecule has 1 aromatic carbocycles. The second-order valence-electron chi connectivity index (χ2n) is 6.53. The Morgan fingerprint density at radius 3 is 2.79 bits per heavy atom. The number of hydrogen-bond acceptors (Lipinski definition) is 4. The Kier molecular flexibility index (Phi) is 5.88. The molecule has 1 aliphatic carbocycles. The fraction of sp³-hybridized carbons (Fsp3) is 0.526. The predicted molar refractivity (Wildman–Crippen MR) is 92.7 cm³/mol. The van der Waals surface area contributed by atoms with E-state index in [1.807, 2.05) is 29.2 Å². The Bertz CT molecular complexity index is 582. The van der Waals surface area contributed by atoms with Gasteiger partial charge in [0.25, 0.3) is 5.91 Å². The number of carbonyl (C=O) groups excluding carboxylic acids is 1. The summed E-state index contributed by atoms with van der Waals surface area (Å²) in [6.45, 7) is 2.69. The molecular formula is C19H26N2O3. The van der Waals surface area contributed by atoms with Gasteiger partial charge in [-0.2, -0.15) is 0 Å². The Morgan fingerprint density at radius 1 is 1.25 bits per heavy atom. The highest BCUT2D eigenvalue weighted by atomic mass is 16.5. The van der Waals surface area contributed by atoms with Crippen LogP contribution in [-0.4, -0.2) is 48.3 Å². The molecule has 1 amide bonds. The maximum Gasteiger partial charge on any atom is 0.260 e. The lowest BCUT2D eigenvalue weighted by Gasteiger charge is -2.18. The van der Waals surface area contributed by atoms with E-state index >= 15 is 0 Å². The van der Waals surface area contributed by atoms with Crippen molar-refractivity contribution in [2.45, 2.75) is 31.8 Å². The number of carbonyl (C=O) groups is 1. The molecule has 2 aliphatic rings. The molecule has 2 N–H and O–H groups in total. The second kappa shape index (κ2) is 8.31. The molecule has 0 spiro atoms. The monoisotopic (exact) mass is 330 g/mol. The first-order valence-corrected chi connectivity index (χ1v) is 8.77. The molecule has 130 valence electrons. The highest BCUT2D eigenvalue weighted by Gasteiger charge is 2.20. The van der Waals surface area contributed by atoms with Crippen molar-refractivity contribution in [1.82, 2.24) is 10.2 Å².